The van der Waals surface area contributed by atoms with E-state index in [0.29, 0.717) is 11.6 Å². The maximum Gasteiger partial charge on any atom is 0.250 e. The highest BCUT2D eigenvalue weighted by Gasteiger charge is 2.39. The molecular formula is C14H15N3O4S. The van der Waals surface area contributed by atoms with E-state index in [-0.39, 0.29) is 29.5 Å². The SMILES string of the molecule is COc1ccccc1S(=O)(=O)N1CC(c2nccc(=O)[nH]2)C1. The van der Waals surface area contributed by atoms with Gasteiger partial charge in [-0.3, -0.25) is 4.79 Å². The number of sulfonamides is 1. The molecule has 0 amide bonds. The smallest absolute Gasteiger partial charge is 0.250 e. The van der Waals surface area contributed by atoms with Gasteiger partial charge in [-0.05, 0) is 12.1 Å². The highest BCUT2D eigenvalue weighted by Crippen LogP contribution is 2.33. The van der Waals surface area contributed by atoms with Crippen LogP contribution in [0.1, 0.15) is 11.7 Å². The molecule has 7 nitrogen and oxygen atoms in total. The van der Waals surface area contributed by atoms with Gasteiger partial charge in [-0.25, -0.2) is 13.4 Å². The van der Waals surface area contributed by atoms with Gasteiger partial charge in [-0.1, -0.05) is 12.1 Å². The zero-order valence-electron chi connectivity index (χ0n) is 11.9. The van der Waals surface area contributed by atoms with Gasteiger partial charge in [-0.2, -0.15) is 4.31 Å². The average Bonchev–Trinajstić information content (AvgIpc) is 2.45. The lowest BCUT2D eigenvalue weighted by molar-refractivity contribution is 0.254. The van der Waals surface area contributed by atoms with E-state index in [1.54, 1.807) is 18.2 Å². The number of hydrogen-bond acceptors (Lipinski definition) is 5. The van der Waals surface area contributed by atoms with E-state index in [9.17, 15) is 13.2 Å². The number of benzene rings is 1. The largest absolute Gasteiger partial charge is 0.495 e. The van der Waals surface area contributed by atoms with Gasteiger partial charge in [0.1, 0.15) is 16.5 Å². The molecule has 0 bridgehead atoms. The van der Waals surface area contributed by atoms with Crippen LogP contribution in [0.4, 0.5) is 0 Å². The lowest BCUT2D eigenvalue weighted by atomic mass is 10.0. The van der Waals surface area contributed by atoms with Crippen LogP contribution in [0.2, 0.25) is 0 Å². The molecule has 3 rings (SSSR count). The van der Waals surface area contributed by atoms with Gasteiger partial charge in [0.2, 0.25) is 10.0 Å². The molecule has 1 aromatic heterocycles. The Balaban J connectivity index is 1.81. The topological polar surface area (TPSA) is 92.4 Å². The standard InChI is InChI=1S/C14H15N3O4S/c1-21-11-4-2-3-5-12(11)22(19,20)17-8-10(9-17)14-15-7-6-13(18)16-14/h2-7,10H,8-9H2,1H3,(H,15,16,18). The third-order valence-corrected chi connectivity index (χ3v) is 5.48. The zero-order chi connectivity index (χ0) is 15.7. The quantitative estimate of drug-likeness (QED) is 0.888. The summed E-state index contributed by atoms with van der Waals surface area (Å²) >= 11 is 0. The first-order valence-corrected chi connectivity index (χ1v) is 8.15. The molecule has 22 heavy (non-hydrogen) atoms. The molecular weight excluding hydrogens is 306 g/mol. The van der Waals surface area contributed by atoms with E-state index >= 15 is 0 Å². The number of H-pyrrole nitrogens is 1. The Kier molecular flexibility index (Phi) is 3.71. The summed E-state index contributed by atoms with van der Waals surface area (Å²) in [7, 11) is -2.17. The number of nitrogens with zero attached hydrogens (tertiary/aromatic N) is 2. The first-order valence-electron chi connectivity index (χ1n) is 6.71. The van der Waals surface area contributed by atoms with E-state index in [4.69, 9.17) is 4.74 Å². The Labute approximate surface area is 127 Å². The van der Waals surface area contributed by atoms with E-state index in [2.05, 4.69) is 9.97 Å². The Hall–Kier alpha value is -2.19. The Morgan fingerprint density at radius 2 is 2.00 bits per heavy atom. The minimum Gasteiger partial charge on any atom is -0.495 e. The van der Waals surface area contributed by atoms with Gasteiger partial charge < -0.3 is 9.72 Å². The van der Waals surface area contributed by atoms with Crippen LogP contribution in [0.15, 0.2) is 46.2 Å². The van der Waals surface area contributed by atoms with Crippen molar-refractivity contribution in [3.05, 3.63) is 52.7 Å². The molecule has 2 heterocycles. The third-order valence-electron chi connectivity index (χ3n) is 3.61. The van der Waals surface area contributed by atoms with Crippen LogP contribution in [0.25, 0.3) is 0 Å². The third kappa shape index (κ3) is 2.51. The minimum atomic E-state index is -3.61. The maximum atomic E-state index is 12.6. The highest BCUT2D eigenvalue weighted by atomic mass is 32.2. The van der Waals surface area contributed by atoms with Gasteiger partial charge in [0.15, 0.2) is 0 Å². The Morgan fingerprint density at radius 1 is 1.27 bits per heavy atom. The fraction of sp³-hybridized carbons (Fsp3) is 0.286. The second kappa shape index (κ2) is 5.54. The van der Waals surface area contributed by atoms with Crippen molar-refractivity contribution in [2.24, 2.45) is 0 Å². The van der Waals surface area contributed by atoms with Crippen LogP contribution in [-0.4, -0.2) is 42.9 Å². The normalized spacial score (nSPS) is 16.2. The Morgan fingerprint density at radius 3 is 2.68 bits per heavy atom. The first kappa shape index (κ1) is 14.7. The van der Waals surface area contributed by atoms with E-state index in [1.165, 1.54) is 29.7 Å². The van der Waals surface area contributed by atoms with Gasteiger partial charge in [0, 0.05) is 31.3 Å². The second-order valence-electron chi connectivity index (χ2n) is 4.99. The molecule has 1 saturated heterocycles. The molecule has 0 unspecified atom stereocenters. The summed E-state index contributed by atoms with van der Waals surface area (Å²) in [6.45, 7) is 0.570. The van der Waals surface area contributed by atoms with Crippen molar-refractivity contribution in [3.63, 3.8) is 0 Å². The number of aromatic amines is 1. The molecule has 0 atom stereocenters. The van der Waals surface area contributed by atoms with Crippen molar-refractivity contribution in [2.75, 3.05) is 20.2 Å². The first-order chi connectivity index (χ1) is 10.5. The number of nitrogens with one attached hydrogen (secondary N) is 1. The summed E-state index contributed by atoms with van der Waals surface area (Å²) in [6, 6.07) is 7.83. The van der Waals surface area contributed by atoms with Crippen LogP contribution in [0.3, 0.4) is 0 Å². The molecule has 0 saturated carbocycles. The van der Waals surface area contributed by atoms with Crippen molar-refractivity contribution in [3.8, 4) is 5.75 Å². The molecule has 116 valence electrons. The fourth-order valence-corrected chi connectivity index (χ4v) is 4.06. The van der Waals surface area contributed by atoms with E-state index in [1.807, 2.05) is 0 Å². The molecule has 0 radical (unpaired) electrons. The van der Waals surface area contributed by atoms with Gasteiger partial charge in [0.25, 0.3) is 5.56 Å². The number of aromatic nitrogens is 2. The number of hydrogen-bond donors (Lipinski definition) is 1. The summed E-state index contributed by atoms with van der Waals surface area (Å²) in [6.07, 6.45) is 1.42. The summed E-state index contributed by atoms with van der Waals surface area (Å²) < 4.78 is 31.6. The van der Waals surface area contributed by atoms with E-state index < -0.39 is 10.0 Å². The number of ether oxygens (including phenoxy) is 1. The summed E-state index contributed by atoms with van der Waals surface area (Å²) in [5.74, 6) is 0.731. The fourth-order valence-electron chi connectivity index (χ4n) is 2.37. The lowest BCUT2D eigenvalue weighted by Gasteiger charge is -2.37. The van der Waals surface area contributed by atoms with Crippen molar-refractivity contribution in [1.29, 1.82) is 0 Å². The molecule has 1 aliphatic rings. The summed E-state index contributed by atoms with van der Waals surface area (Å²) in [4.78, 5) is 18.1. The van der Waals surface area contributed by atoms with Crippen molar-refractivity contribution < 1.29 is 13.2 Å². The average molecular weight is 321 g/mol. The number of rotatable bonds is 4. The molecule has 2 aromatic rings. The van der Waals surface area contributed by atoms with Crippen molar-refractivity contribution in [1.82, 2.24) is 14.3 Å². The summed E-state index contributed by atoms with van der Waals surface area (Å²) in [5, 5.41) is 0. The number of para-hydroxylation sites is 1. The van der Waals surface area contributed by atoms with Crippen LogP contribution in [0, 0.1) is 0 Å². The molecule has 0 spiro atoms. The molecule has 1 N–H and O–H groups in total. The molecule has 0 aliphatic carbocycles. The predicted octanol–water partition coefficient (Wildman–Crippen LogP) is 0.567. The van der Waals surface area contributed by atoms with Crippen LogP contribution >= 0.6 is 0 Å². The predicted molar refractivity (Wildman–Crippen MR) is 79.4 cm³/mol. The van der Waals surface area contributed by atoms with Crippen LogP contribution < -0.4 is 10.3 Å². The monoisotopic (exact) mass is 321 g/mol. The van der Waals surface area contributed by atoms with Crippen LogP contribution in [0.5, 0.6) is 5.75 Å². The molecule has 8 heteroatoms. The maximum absolute atomic E-state index is 12.6. The zero-order valence-corrected chi connectivity index (χ0v) is 12.7. The molecule has 1 fully saturated rings. The Bertz CT molecular complexity index is 841. The highest BCUT2D eigenvalue weighted by molar-refractivity contribution is 7.89. The van der Waals surface area contributed by atoms with Crippen molar-refractivity contribution in [2.45, 2.75) is 10.8 Å². The van der Waals surface area contributed by atoms with Crippen molar-refractivity contribution >= 4 is 10.0 Å². The number of methoxy groups -OCH3 is 1. The molecule has 1 aromatic carbocycles. The van der Waals surface area contributed by atoms with Crippen LogP contribution in [-0.2, 0) is 10.0 Å². The van der Waals surface area contributed by atoms with E-state index in [0.717, 1.165) is 0 Å². The van der Waals surface area contributed by atoms with Gasteiger partial charge >= 0.3 is 0 Å². The van der Waals surface area contributed by atoms with Gasteiger partial charge in [0.05, 0.1) is 7.11 Å². The molecule has 1 aliphatic heterocycles. The summed E-state index contributed by atoms with van der Waals surface area (Å²) in [5.41, 5.74) is -0.240. The van der Waals surface area contributed by atoms with Gasteiger partial charge in [-0.15, -0.1) is 0 Å². The minimum absolute atomic E-state index is 0.0987. The second-order valence-corrected chi connectivity index (χ2v) is 6.90. The lowest BCUT2D eigenvalue weighted by Crippen LogP contribution is -2.49.